The molecule has 1 fully saturated rings. The molecule has 4 rings (SSSR count). The second kappa shape index (κ2) is 11.0. The molecule has 1 saturated heterocycles. The molecule has 0 saturated carbocycles. The molecule has 1 atom stereocenters. The van der Waals surface area contributed by atoms with Gasteiger partial charge in [0.15, 0.2) is 0 Å². The highest BCUT2D eigenvalue weighted by atomic mass is 16.5. The molecule has 2 N–H and O–H groups in total. The number of urea groups is 1. The molecule has 0 radical (unpaired) electrons. The maximum Gasteiger partial charge on any atom is 0.323 e. The van der Waals surface area contributed by atoms with Crippen molar-refractivity contribution in [3.8, 4) is 5.75 Å². The van der Waals surface area contributed by atoms with E-state index in [0.717, 1.165) is 62.0 Å². The highest BCUT2D eigenvalue weighted by molar-refractivity contribution is 6.00. The number of benzene rings is 2. The van der Waals surface area contributed by atoms with E-state index in [-0.39, 0.29) is 12.1 Å². The van der Waals surface area contributed by atoms with Crippen molar-refractivity contribution in [2.75, 3.05) is 43.5 Å². The SMILES string of the molecule is Cc1cc(OC(C)c2ccccc2)ccc1NC(=O)Nc1cnn(CCN2CCOCC2)c1. The third-order valence-corrected chi connectivity index (χ3v) is 5.67. The van der Waals surface area contributed by atoms with Crippen molar-refractivity contribution < 1.29 is 14.3 Å². The molecule has 2 heterocycles. The number of carbonyl (C=O) groups excluding carboxylic acids is 1. The van der Waals surface area contributed by atoms with Gasteiger partial charge in [-0.2, -0.15) is 5.10 Å². The molecule has 2 aromatic carbocycles. The number of amides is 2. The van der Waals surface area contributed by atoms with Gasteiger partial charge in [-0.1, -0.05) is 30.3 Å². The predicted octanol–water partition coefficient (Wildman–Crippen LogP) is 4.31. The average Bonchev–Trinajstić information content (AvgIpc) is 3.28. The van der Waals surface area contributed by atoms with E-state index >= 15 is 0 Å². The Morgan fingerprint density at radius 3 is 2.67 bits per heavy atom. The summed E-state index contributed by atoms with van der Waals surface area (Å²) in [5.41, 5.74) is 3.42. The second-order valence-corrected chi connectivity index (χ2v) is 8.17. The summed E-state index contributed by atoms with van der Waals surface area (Å²) >= 11 is 0. The number of nitrogens with one attached hydrogen (secondary N) is 2. The molecule has 3 aromatic rings. The second-order valence-electron chi connectivity index (χ2n) is 8.17. The first kappa shape index (κ1) is 22.8. The van der Waals surface area contributed by atoms with Crippen molar-refractivity contribution in [3.05, 3.63) is 72.1 Å². The molecule has 1 aliphatic heterocycles. The first-order valence-corrected chi connectivity index (χ1v) is 11.3. The van der Waals surface area contributed by atoms with Crippen LogP contribution in [0.5, 0.6) is 5.75 Å². The first-order valence-electron chi connectivity index (χ1n) is 11.3. The minimum Gasteiger partial charge on any atom is -0.486 e. The van der Waals surface area contributed by atoms with Crippen molar-refractivity contribution in [3.63, 3.8) is 0 Å². The van der Waals surface area contributed by atoms with Crippen LogP contribution in [-0.2, 0) is 11.3 Å². The van der Waals surface area contributed by atoms with Gasteiger partial charge in [0.25, 0.3) is 0 Å². The predicted molar refractivity (Wildman–Crippen MR) is 129 cm³/mol. The van der Waals surface area contributed by atoms with Crippen LogP contribution in [0.2, 0.25) is 0 Å². The molecule has 8 nitrogen and oxygen atoms in total. The molecular formula is C25H31N5O3. The zero-order valence-corrected chi connectivity index (χ0v) is 19.2. The summed E-state index contributed by atoms with van der Waals surface area (Å²) in [6.45, 7) is 9.10. The molecule has 1 aromatic heterocycles. The fraction of sp³-hybridized carbons (Fsp3) is 0.360. The number of aryl methyl sites for hydroxylation is 1. The number of aromatic nitrogens is 2. The van der Waals surface area contributed by atoms with Gasteiger partial charge < -0.3 is 20.1 Å². The monoisotopic (exact) mass is 449 g/mol. The Bertz CT molecular complexity index is 1050. The quantitative estimate of drug-likeness (QED) is 0.536. The molecule has 0 aliphatic carbocycles. The summed E-state index contributed by atoms with van der Waals surface area (Å²) in [6.07, 6.45) is 3.44. The largest absolute Gasteiger partial charge is 0.486 e. The Labute approximate surface area is 194 Å². The van der Waals surface area contributed by atoms with Gasteiger partial charge in [0.2, 0.25) is 0 Å². The van der Waals surface area contributed by atoms with Crippen LogP contribution in [0, 0.1) is 6.92 Å². The van der Waals surface area contributed by atoms with Crippen LogP contribution in [0.4, 0.5) is 16.2 Å². The van der Waals surface area contributed by atoms with Crippen molar-refractivity contribution in [2.24, 2.45) is 0 Å². The standard InChI is InChI=1S/C25H31N5O3/c1-19-16-23(33-20(2)21-6-4-3-5-7-21)8-9-24(19)28-25(31)27-22-17-26-30(18-22)11-10-29-12-14-32-15-13-29/h3-9,16-18,20H,10-15H2,1-2H3,(H2,27,28,31). The van der Waals surface area contributed by atoms with E-state index in [1.54, 1.807) is 6.20 Å². The van der Waals surface area contributed by atoms with Gasteiger partial charge in [-0.15, -0.1) is 0 Å². The van der Waals surface area contributed by atoms with Crippen molar-refractivity contribution in [1.82, 2.24) is 14.7 Å². The van der Waals surface area contributed by atoms with E-state index in [1.807, 2.05) is 73.3 Å². The summed E-state index contributed by atoms with van der Waals surface area (Å²) in [5, 5.41) is 10.1. The smallest absolute Gasteiger partial charge is 0.323 e. The van der Waals surface area contributed by atoms with Gasteiger partial charge in [-0.25, -0.2) is 4.79 Å². The van der Waals surface area contributed by atoms with Crippen LogP contribution in [0.25, 0.3) is 0 Å². The Morgan fingerprint density at radius 1 is 1.12 bits per heavy atom. The number of nitrogens with zero attached hydrogens (tertiary/aromatic N) is 3. The third-order valence-electron chi connectivity index (χ3n) is 5.67. The molecule has 1 aliphatic rings. The van der Waals surface area contributed by atoms with E-state index in [2.05, 4.69) is 20.6 Å². The van der Waals surface area contributed by atoms with Crippen molar-refractivity contribution in [2.45, 2.75) is 26.5 Å². The van der Waals surface area contributed by atoms with Crippen LogP contribution in [-0.4, -0.2) is 53.6 Å². The van der Waals surface area contributed by atoms with E-state index < -0.39 is 0 Å². The fourth-order valence-corrected chi connectivity index (χ4v) is 3.75. The molecule has 1 unspecified atom stereocenters. The van der Waals surface area contributed by atoms with Crippen LogP contribution in [0.3, 0.4) is 0 Å². The maximum absolute atomic E-state index is 12.5. The lowest BCUT2D eigenvalue weighted by Crippen LogP contribution is -2.38. The zero-order chi connectivity index (χ0) is 23.0. The van der Waals surface area contributed by atoms with Crippen LogP contribution in [0.1, 0.15) is 24.2 Å². The number of carbonyl (C=O) groups is 1. The average molecular weight is 450 g/mol. The van der Waals surface area contributed by atoms with Crippen LogP contribution in [0.15, 0.2) is 60.9 Å². The minimum atomic E-state index is -0.308. The molecule has 33 heavy (non-hydrogen) atoms. The van der Waals surface area contributed by atoms with E-state index in [0.29, 0.717) is 5.69 Å². The molecule has 0 spiro atoms. The Hall–Kier alpha value is -3.36. The first-order chi connectivity index (χ1) is 16.1. The lowest BCUT2D eigenvalue weighted by molar-refractivity contribution is 0.0360. The summed E-state index contributed by atoms with van der Waals surface area (Å²) in [7, 11) is 0. The molecule has 0 bridgehead atoms. The normalized spacial score (nSPS) is 15.1. The van der Waals surface area contributed by atoms with Gasteiger partial charge in [0.05, 0.1) is 31.6 Å². The minimum absolute atomic E-state index is 0.0625. The lowest BCUT2D eigenvalue weighted by atomic mass is 10.1. The van der Waals surface area contributed by atoms with Gasteiger partial charge in [0.1, 0.15) is 11.9 Å². The summed E-state index contributed by atoms with van der Waals surface area (Å²) in [5.74, 6) is 0.761. The van der Waals surface area contributed by atoms with Crippen LogP contribution >= 0.6 is 0 Å². The van der Waals surface area contributed by atoms with Gasteiger partial charge >= 0.3 is 6.03 Å². The number of ether oxygens (including phenoxy) is 2. The molecule has 2 amide bonds. The Kier molecular flexibility index (Phi) is 7.59. The van der Waals surface area contributed by atoms with E-state index in [1.165, 1.54) is 0 Å². The van der Waals surface area contributed by atoms with Crippen molar-refractivity contribution in [1.29, 1.82) is 0 Å². The van der Waals surface area contributed by atoms with Crippen molar-refractivity contribution >= 4 is 17.4 Å². The fourth-order valence-electron chi connectivity index (χ4n) is 3.75. The van der Waals surface area contributed by atoms with Gasteiger partial charge in [-0.3, -0.25) is 9.58 Å². The third kappa shape index (κ3) is 6.57. The molecular weight excluding hydrogens is 418 g/mol. The van der Waals surface area contributed by atoms with E-state index in [4.69, 9.17) is 9.47 Å². The molecule has 8 heteroatoms. The van der Waals surface area contributed by atoms with Crippen LogP contribution < -0.4 is 15.4 Å². The lowest BCUT2D eigenvalue weighted by Gasteiger charge is -2.26. The number of hydrogen-bond donors (Lipinski definition) is 2. The highest BCUT2D eigenvalue weighted by Gasteiger charge is 2.12. The Balaban J connectivity index is 1.27. The topological polar surface area (TPSA) is 80.7 Å². The van der Waals surface area contributed by atoms with E-state index in [9.17, 15) is 4.79 Å². The number of morpholine rings is 1. The number of anilines is 2. The summed E-state index contributed by atoms with van der Waals surface area (Å²) in [4.78, 5) is 14.8. The maximum atomic E-state index is 12.5. The summed E-state index contributed by atoms with van der Waals surface area (Å²) in [6, 6.07) is 15.4. The van der Waals surface area contributed by atoms with Gasteiger partial charge in [0, 0.05) is 31.5 Å². The molecule has 174 valence electrons. The highest BCUT2D eigenvalue weighted by Crippen LogP contribution is 2.26. The zero-order valence-electron chi connectivity index (χ0n) is 19.2. The van der Waals surface area contributed by atoms with Gasteiger partial charge in [-0.05, 0) is 43.2 Å². The number of hydrogen-bond acceptors (Lipinski definition) is 5. The number of rotatable bonds is 8. The summed E-state index contributed by atoms with van der Waals surface area (Å²) < 4.78 is 13.3. The Morgan fingerprint density at radius 2 is 1.91 bits per heavy atom.